The molecule has 1 heterocycles. The number of halogens is 1. The summed E-state index contributed by atoms with van der Waals surface area (Å²) in [4.78, 5) is 0. The zero-order valence-electron chi connectivity index (χ0n) is 6.16. The molecule has 2 aromatic rings. The van der Waals surface area contributed by atoms with Crippen LogP contribution in [0.4, 0.5) is 5.69 Å². The van der Waals surface area contributed by atoms with E-state index in [1.165, 1.54) is 0 Å². The molecule has 0 aliphatic rings. The Labute approximate surface area is 83.1 Å². The van der Waals surface area contributed by atoms with Crippen LogP contribution in [0, 0.1) is 3.57 Å². The summed E-state index contributed by atoms with van der Waals surface area (Å²) in [5.74, 6) is 0. The zero-order chi connectivity index (χ0) is 8.55. The molecule has 0 spiro atoms. The number of hydrogen-bond donors (Lipinski definition) is 1. The molecule has 0 atom stereocenters. The van der Waals surface area contributed by atoms with Crippen LogP contribution in [0.5, 0.6) is 0 Å². The van der Waals surface area contributed by atoms with Crippen molar-refractivity contribution < 1.29 is 0 Å². The first-order valence-electron chi connectivity index (χ1n) is 3.43. The van der Waals surface area contributed by atoms with Crippen molar-refractivity contribution in [2.75, 3.05) is 5.73 Å². The lowest BCUT2D eigenvalue weighted by Gasteiger charge is -2.01. The van der Waals surface area contributed by atoms with Gasteiger partial charge in [-0.15, -0.1) is 0 Å². The third-order valence-electron chi connectivity index (χ3n) is 1.69. The number of hydrogen-bond acceptors (Lipinski definition) is 3. The fourth-order valence-corrected chi connectivity index (χ4v) is 1.69. The molecule has 12 heavy (non-hydrogen) atoms. The minimum absolute atomic E-state index is 0.788. The van der Waals surface area contributed by atoms with Crippen LogP contribution in [0.1, 0.15) is 0 Å². The van der Waals surface area contributed by atoms with Gasteiger partial charge in [0.1, 0.15) is 0 Å². The number of nitrogens with zero attached hydrogens (tertiary/aromatic N) is 2. The Morgan fingerprint density at radius 1 is 1.17 bits per heavy atom. The molecule has 0 aliphatic heterocycles. The molecule has 4 heteroatoms. The molecule has 0 saturated carbocycles. The molecule has 1 aromatic heterocycles. The Morgan fingerprint density at radius 2 is 1.92 bits per heavy atom. The van der Waals surface area contributed by atoms with Crippen LogP contribution in [-0.2, 0) is 0 Å². The van der Waals surface area contributed by atoms with E-state index < -0.39 is 0 Å². The standard InChI is InChI=1S/C8H6IN3/c9-8-6-4-12-11-3-5(6)1-2-7(8)10/h1-4H,10H2. The molecule has 60 valence electrons. The second-order valence-electron chi connectivity index (χ2n) is 2.46. The molecule has 0 fully saturated rings. The Kier molecular flexibility index (Phi) is 1.84. The minimum Gasteiger partial charge on any atom is -0.398 e. The van der Waals surface area contributed by atoms with E-state index in [1.54, 1.807) is 12.4 Å². The summed E-state index contributed by atoms with van der Waals surface area (Å²) in [6, 6.07) is 3.83. The van der Waals surface area contributed by atoms with E-state index in [2.05, 4.69) is 32.8 Å². The van der Waals surface area contributed by atoms with Crippen molar-refractivity contribution in [1.82, 2.24) is 10.2 Å². The average Bonchev–Trinajstić information content (AvgIpc) is 2.12. The van der Waals surface area contributed by atoms with E-state index in [9.17, 15) is 0 Å². The molecule has 2 N–H and O–H groups in total. The van der Waals surface area contributed by atoms with Crippen molar-refractivity contribution in [3.05, 3.63) is 28.1 Å². The average molecular weight is 271 g/mol. The highest BCUT2D eigenvalue weighted by molar-refractivity contribution is 14.1. The summed E-state index contributed by atoms with van der Waals surface area (Å²) in [6.45, 7) is 0. The first kappa shape index (κ1) is 7.72. The van der Waals surface area contributed by atoms with Gasteiger partial charge in [0.25, 0.3) is 0 Å². The van der Waals surface area contributed by atoms with Crippen molar-refractivity contribution in [3.8, 4) is 0 Å². The van der Waals surface area contributed by atoms with Crippen LogP contribution in [0.25, 0.3) is 10.8 Å². The topological polar surface area (TPSA) is 51.8 Å². The minimum atomic E-state index is 0.788. The molecule has 2 rings (SSSR count). The molecular weight excluding hydrogens is 265 g/mol. The van der Waals surface area contributed by atoms with Crippen LogP contribution in [0.2, 0.25) is 0 Å². The third-order valence-corrected chi connectivity index (χ3v) is 2.90. The summed E-state index contributed by atoms with van der Waals surface area (Å²) in [5.41, 5.74) is 6.52. The van der Waals surface area contributed by atoms with Gasteiger partial charge in [-0.25, -0.2) is 0 Å². The van der Waals surface area contributed by atoms with Crippen molar-refractivity contribution in [1.29, 1.82) is 0 Å². The molecular formula is C8H6IN3. The predicted molar refractivity (Wildman–Crippen MR) is 56.7 cm³/mol. The van der Waals surface area contributed by atoms with Gasteiger partial charge in [-0.05, 0) is 28.7 Å². The molecule has 1 aromatic carbocycles. The van der Waals surface area contributed by atoms with Gasteiger partial charge in [0.2, 0.25) is 0 Å². The SMILES string of the molecule is Nc1ccc2cnncc2c1I. The number of rotatable bonds is 0. The summed E-state index contributed by atoms with van der Waals surface area (Å²) in [6.07, 6.45) is 3.46. The zero-order valence-corrected chi connectivity index (χ0v) is 8.32. The maximum absolute atomic E-state index is 5.73. The number of nitrogen functional groups attached to an aromatic ring is 1. The maximum Gasteiger partial charge on any atom is 0.0586 e. The fourth-order valence-electron chi connectivity index (χ4n) is 1.06. The van der Waals surface area contributed by atoms with Crippen molar-refractivity contribution in [2.24, 2.45) is 0 Å². The smallest absolute Gasteiger partial charge is 0.0586 e. The monoisotopic (exact) mass is 271 g/mol. The lowest BCUT2D eigenvalue weighted by atomic mass is 10.2. The molecule has 0 unspecified atom stereocenters. The first-order valence-corrected chi connectivity index (χ1v) is 4.51. The number of fused-ring (bicyclic) bond motifs is 1. The van der Waals surface area contributed by atoms with Gasteiger partial charge in [-0.3, -0.25) is 0 Å². The molecule has 0 radical (unpaired) electrons. The van der Waals surface area contributed by atoms with Gasteiger partial charge in [-0.2, -0.15) is 10.2 Å². The van der Waals surface area contributed by atoms with Crippen LogP contribution >= 0.6 is 22.6 Å². The lowest BCUT2D eigenvalue weighted by Crippen LogP contribution is -1.91. The quantitative estimate of drug-likeness (QED) is 0.587. The van der Waals surface area contributed by atoms with Crippen LogP contribution in [0.15, 0.2) is 24.5 Å². The summed E-state index contributed by atoms with van der Waals surface area (Å²) in [7, 11) is 0. The van der Waals surface area contributed by atoms with E-state index in [-0.39, 0.29) is 0 Å². The maximum atomic E-state index is 5.73. The number of nitrogens with two attached hydrogens (primary N) is 1. The predicted octanol–water partition coefficient (Wildman–Crippen LogP) is 1.82. The Balaban J connectivity index is 2.91. The van der Waals surface area contributed by atoms with Gasteiger partial charge in [0.15, 0.2) is 0 Å². The summed E-state index contributed by atoms with van der Waals surface area (Å²) in [5, 5.41) is 9.73. The normalized spacial score (nSPS) is 10.4. The Hall–Kier alpha value is -0.910. The molecule has 0 saturated heterocycles. The van der Waals surface area contributed by atoms with Gasteiger partial charge in [0.05, 0.1) is 12.4 Å². The van der Waals surface area contributed by atoms with E-state index in [4.69, 9.17) is 5.73 Å². The molecule has 0 bridgehead atoms. The Morgan fingerprint density at radius 3 is 2.75 bits per heavy atom. The van der Waals surface area contributed by atoms with Gasteiger partial charge >= 0.3 is 0 Å². The molecule has 3 nitrogen and oxygen atoms in total. The van der Waals surface area contributed by atoms with Crippen molar-refractivity contribution in [3.63, 3.8) is 0 Å². The third kappa shape index (κ3) is 1.12. The van der Waals surface area contributed by atoms with Crippen LogP contribution in [0.3, 0.4) is 0 Å². The largest absolute Gasteiger partial charge is 0.398 e. The Bertz CT molecular complexity index is 428. The first-order chi connectivity index (χ1) is 5.79. The van der Waals surface area contributed by atoms with Gasteiger partial charge in [-0.1, -0.05) is 6.07 Å². The van der Waals surface area contributed by atoms with Gasteiger partial charge in [0, 0.05) is 20.0 Å². The number of aromatic nitrogens is 2. The van der Waals surface area contributed by atoms with Crippen LogP contribution < -0.4 is 5.73 Å². The summed E-state index contributed by atoms with van der Waals surface area (Å²) < 4.78 is 1.04. The van der Waals surface area contributed by atoms with Gasteiger partial charge < -0.3 is 5.73 Å². The van der Waals surface area contributed by atoms with E-state index in [0.717, 1.165) is 20.0 Å². The molecule has 0 amide bonds. The fraction of sp³-hybridized carbons (Fsp3) is 0. The second kappa shape index (κ2) is 2.85. The summed E-state index contributed by atoms with van der Waals surface area (Å²) >= 11 is 2.21. The highest BCUT2D eigenvalue weighted by Crippen LogP contribution is 2.23. The van der Waals surface area contributed by atoms with Crippen molar-refractivity contribution >= 4 is 39.1 Å². The van der Waals surface area contributed by atoms with Crippen LogP contribution in [-0.4, -0.2) is 10.2 Å². The van der Waals surface area contributed by atoms with E-state index in [1.807, 2.05) is 12.1 Å². The van der Waals surface area contributed by atoms with E-state index in [0.29, 0.717) is 0 Å². The number of anilines is 1. The highest BCUT2D eigenvalue weighted by Gasteiger charge is 2.01. The molecule has 0 aliphatic carbocycles. The number of benzene rings is 1. The highest BCUT2D eigenvalue weighted by atomic mass is 127. The second-order valence-corrected chi connectivity index (χ2v) is 3.54. The lowest BCUT2D eigenvalue weighted by molar-refractivity contribution is 1.05. The van der Waals surface area contributed by atoms with E-state index >= 15 is 0 Å². The van der Waals surface area contributed by atoms with Crippen molar-refractivity contribution in [2.45, 2.75) is 0 Å².